The Morgan fingerprint density at radius 2 is 1.68 bits per heavy atom. The lowest BCUT2D eigenvalue weighted by Crippen LogP contribution is -2.52. The van der Waals surface area contributed by atoms with Gasteiger partial charge in [0.2, 0.25) is 5.91 Å². The summed E-state index contributed by atoms with van der Waals surface area (Å²) in [6.45, 7) is 7.06. The molecule has 3 aromatic rings. The summed E-state index contributed by atoms with van der Waals surface area (Å²) in [7, 11) is 1.74. The molecule has 0 aliphatic heterocycles. The third-order valence-electron chi connectivity index (χ3n) is 12.6. The van der Waals surface area contributed by atoms with Crippen LogP contribution < -0.4 is 15.0 Å². The number of amides is 2. The van der Waals surface area contributed by atoms with Crippen LogP contribution >= 0.6 is 0 Å². The van der Waals surface area contributed by atoms with Crippen molar-refractivity contribution in [2.45, 2.75) is 134 Å². The van der Waals surface area contributed by atoms with Gasteiger partial charge >= 0.3 is 6.09 Å². The topological polar surface area (TPSA) is 98.6 Å². The Balaban J connectivity index is 1.08. The second-order valence-electron chi connectivity index (χ2n) is 16.1. The third-order valence-corrected chi connectivity index (χ3v) is 12.6. The van der Waals surface area contributed by atoms with E-state index in [9.17, 15) is 9.59 Å². The zero-order valence-electron chi connectivity index (χ0n) is 30.5. The summed E-state index contributed by atoms with van der Waals surface area (Å²) in [6, 6.07) is 11.3. The van der Waals surface area contributed by atoms with Crippen LogP contribution in [0.4, 0.5) is 10.6 Å². The Hall–Kier alpha value is -3.88. The van der Waals surface area contributed by atoms with Gasteiger partial charge in [0.15, 0.2) is 0 Å². The molecule has 0 atom stereocenters. The summed E-state index contributed by atoms with van der Waals surface area (Å²) in [4.78, 5) is 34.1. The Morgan fingerprint density at radius 3 is 2.32 bits per heavy atom. The molecule has 9 nitrogen and oxygen atoms in total. The molecule has 0 saturated heterocycles. The lowest BCUT2D eigenvalue weighted by atomic mass is 9.51. The first-order valence-corrected chi connectivity index (χ1v) is 19.1. The van der Waals surface area contributed by atoms with Crippen LogP contribution in [0.15, 0.2) is 48.9 Å². The van der Waals surface area contributed by atoms with Crippen molar-refractivity contribution in [1.82, 2.24) is 20.1 Å². The molecule has 8 rings (SSSR count). The van der Waals surface area contributed by atoms with Gasteiger partial charge in [-0.05, 0) is 144 Å². The van der Waals surface area contributed by atoms with Gasteiger partial charge < -0.3 is 14.8 Å². The number of anilines is 1. The molecule has 9 heteroatoms. The summed E-state index contributed by atoms with van der Waals surface area (Å²) in [6.07, 6.45) is 19.3. The summed E-state index contributed by atoms with van der Waals surface area (Å²) in [5, 5.41) is 7.62. The molecule has 5 saturated carbocycles. The highest BCUT2D eigenvalue weighted by atomic mass is 16.6. The number of nitrogens with one attached hydrogen (secondary N) is 1. The van der Waals surface area contributed by atoms with Crippen LogP contribution in [0.1, 0.15) is 121 Å². The zero-order chi connectivity index (χ0) is 34.9. The van der Waals surface area contributed by atoms with Gasteiger partial charge in [-0.2, -0.15) is 5.10 Å². The number of hydrogen-bond acceptors (Lipinski definition) is 6. The van der Waals surface area contributed by atoms with E-state index in [1.165, 1.54) is 24.0 Å². The predicted molar refractivity (Wildman–Crippen MR) is 195 cm³/mol. The van der Waals surface area contributed by atoms with Gasteiger partial charge in [-0.1, -0.05) is 25.0 Å². The third kappa shape index (κ3) is 7.15. The van der Waals surface area contributed by atoms with E-state index in [0.29, 0.717) is 32.2 Å². The fraction of sp³-hybridized carbons (Fsp3) is 0.610. The van der Waals surface area contributed by atoms with Crippen molar-refractivity contribution >= 4 is 17.8 Å². The molecule has 5 fully saturated rings. The van der Waals surface area contributed by atoms with E-state index < -0.39 is 0 Å². The zero-order valence-corrected chi connectivity index (χ0v) is 30.5. The molecular weight excluding hydrogens is 626 g/mol. The minimum absolute atomic E-state index is 0.0672. The summed E-state index contributed by atoms with van der Waals surface area (Å²) in [5.74, 6) is 1.71. The number of rotatable bonds is 10. The molecule has 0 unspecified atom stereocenters. The molecular formula is C41H55N5O4. The average molecular weight is 682 g/mol. The average Bonchev–Trinajstić information content (AvgIpc) is 3.85. The maximum absolute atomic E-state index is 14.7. The van der Waals surface area contributed by atoms with Gasteiger partial charge in [-0.3, -0.25) is 14.4 Å². The Kier molecular flexibility index (Phi) is 9.95. The molecule has 1 N–H and O–H groups in total. The molecule has 2 heterocycles. The standard InChI is InChI=1S/C41H55N5O4/c1-28(2)46-26-32(25-43-46)31-15-22-42-37(24-31)45(38(47)30-9-12-35(13-10-30)50-39(48)44-34-7-5-6-8-34)27-40-16-19-41(20-17-40,21-18-40)33-11-14-36(49-4)29(3)23-33/h11,14-15,22-26,28,30,34-35H,5-10,12-13,16-21,27H2,1-4H3,(H,44,48). The lowest BCUT2D eigenvalue weighted by Gasteiger charge is -2.55. The van der Waals surface area contributed by atoms with Crippen LogP contribution in [0.25, 0.3) is 11.1 Å². The van der Waals surface area contributed by atoms with E-state index in [1.54, 1.807) is 7.11 Å². The predicted octanol–water partition coefficient (Wildman–Crippen LogP) is 8.70. The van der Waals surface area contributed by atoms with Crippen molar-refractivity contribution in [3.05, 3.63) is 60.0 Å². The van der Waals surface area contributed by atoms with Crippen LogP contribution in [0.5, 0.6) is 5.75 Å². The first-order chi connectivity index (χ1) is 24.2. The summed E-state index contributed by atoms with van der Waals surface area (Å²) < 4.78 is 13.4. The number of fused-ring (bicyclic) bond motifs is 3. The van der Waals surface area contributed by atoms with Crippen LogP contribution in [-0.4, -0.2) is 52.6 Å². The summed E-state index contributed by atoms with van der Waals surface area (Å²) >= 11 is 0. The minimum Gasteiger partial charge on any atom is -0.496 e. The fourth-order valence-electron chi connectivity index (χ4n) is 9.33. The number of hydrogen-bond donors (Lipinski definition) is 1. The normalized spacial score (nSPS) is 26.6. The van der Waals surface area contributed by atoms with Gasteiger partial charge in [0.25, 0.3) is 0 Å². The molecule has 1 aromatic carbocycles. The number of pyridine rings is 1. The molecule has 5 aliphatic rings. The van der Waals surface area contributed by atoms with Crippen LogP contribution in [0, 0.1) is 18.3 Å². The SMILES string of the molecule is COc1ccc(C23CCC(CN(C(=O)C4CCC(OC(=O)NC5CCCC5)CC4)c4cc(-c5cnn(C(C)C)c5)ccn4)(CC2)CC3)cc1C. The summed E-state index contributed by atoms with van der Waals surface area (Å²) in [5.41, 5.74) is 4.94. The number of benzene rings is 1. The van der Waals surface area contributed by atoms with Crippen molar-refractivity contribution in [1.29, 1.82) is 0 Å². The van der Waals surface area contributed by atoms with Gasteiger partial charge in [-0.15, -0.1) is 0 Å². The Bertz CT molecular complexity index is 1640. The van der Waals surface area contributed by atoms with E-state index in [4.69, 9.17) is 14.5 Å². The monoisotopic (exact) mass is 681 g/mol. The number of alkyl carbamates (subject to hydrolysis) is 1. The van der Waals surface area contributed by atoms with E-state index in [1.807, 2.05) is 28.0 Å². The fourth-order valence-corrected chi connectivity index (χ4v) is 9.33. The largest absolute Gasteiger partial charge is 0.496 e. The molecule has 2 bridgehead atoms. The van der Waals surface area contributed by atoms with Crippen LogP contribution in [0.2, 0.25) is 0 Å². The van der Waals surface area contributed by atoms with Gasteiger partial charge in [0, 0.05) is 42.5 Å². The van der Waals surface area contributed by atoms with Gasteiger partial charge in [0.05, 0.1) is 13.3 Å². The molecule has 2 amide bonds. The van der Waals surface area contributed by atoms with E-state index >= 15 is 0 Å². The van der Waals surface area contributed by atoms with E-state index in [-0.39, 0.29) is 46.9 Å². The number of aromatic nitrogens is 3. The number of ether oxygens (including phenoxy) is 2. The number of carbonyl (C=O) groups excluding carboxylic acids is 2. The molecule has 0 radical (unpaired) electrons. The van der Waals surface area contributed by atoms with Crippen LogP contribution in [0.3, 0.4) is 0 Å². The highest BCUT2D eigenvalue weighted by Gasteiger charge is 2.51. The maximum atomic E-state index is 14.7. The minimum atomic E-state index is -0.301. The molecule has 50 heavy (non-hydrogen) atoms. The van der Waals surface area contributed by atoms with Gasteiger partial charge in [0.1, 0.15) is 17.7 Å². The van der Waals surface area contributed by atoms with Crippen molar-refractivity contribution in [2.75, 3.05) is 18.6 Å². The Labute approximate surface area is 297 Å². The number of carbonyl (C=O) groups is 2. The second kappa shape index (κ2) is 14.4. The number of methoxy groups -OCH3 is 1. The number of aryl methyl sites for hydroxylation is 1. The van der Waals surface area contributed by atoms with E-state index in [2.05, 4.69) is 61.6 Å². The first-order valence-electron chi connectivity index (χ1n) is 19.1. The van der Waals surface area contributed by atoms with Crippen molar-refractivity contribution < 1.29 is 19.1 Å². The highest BCUT2D eigenvalue weighted by Crippen LogP contribution is 2.58. The van der Waals surface area contributed by atoms with Crippen LogP contribution in [-0.2, 0) is 14.9 Å². The molecule has 0 spiro atoms. The Morgan fingerprint density at radius 1 is 0.960 bits per heavy atom. The van der Waals surface area contributed by atoms with E-state index in [0.717, 1.165) is 74.1 Å². The second-order valence-corrected chi connectivity index (χ2v) is 16.1. The molecule has 2 aromatic heterocycles. The maximum Gasteiger partial charge on any atom is 0.407 e. The van der Waals surface area contributed by atoms with Gasteiger partial charge in [-0.25, -0.2) is 9.78 Å². The van der Waals surface area contributed by atoms with Crippen molar-refractivity contribution in [3.63, 3.8) is 0 Å². The van der Waals surface area contributed by atoms with Crippen molar-refractivity contribution in [3.8, 4) is 16.9 Å². The molecule has 268 valence electrons. The van der Waals surface area contributed by atoms with Crippen molar-refractivity contribution in [2.24, 2.45) is 11.3 Å². The lowest BCUT2D eigenvalue weighted by molar-refractivity contribution is -0.124. The molecule has 5 aliphatic carbocycles. The smallest absolute Gasteiger partial charge is 0.407 e. The quantitative estimate of drug-likeness (QED) is 0.230. The highest BCUT2D eigenvalue weighted by molar-refractivity contribution is 5.95. The first kappa shape index (κ1) is 34.6. The number of nitrogens with zero attached hydrogens (tertiary/aromatic N) is 4.